The van der Waals surface area contributed by atoms with Crippen molar-refractivity contribution < 1.29 is 14.3 Å². The number of carbonyl (C=O) groups is 2. The number of benzene rings is 1. The second-order valence-electron chi connectivity index (χ2n) is 5.25. The van der Waals surface area contributed by atoms with Crippen molar-refractivity contribution in [2.75, 3.05) is 20.2 Å². The van der Waals surface area contributed by atoms with E-state index >= 15 is 0 Å². The first-order valence-electron chi connectivity index (χ1n) is 7.67. The molecule has 0 unspecified atom stereocenters. The second kappa shape index (κ2) is 9.77. The maximum atomic E-state index is 12.3. The third-order valence-corrected chi connectivity index (χ3v) is 3.40. The summed E-state index contributed by atoms with van der Waals surface area (Å²) >= 11 is 0. The highest BCUT2D eigenvalue weighted by Crippen LogP contribution is 2.06. The number of rotatable bonds is 8. The molecule has 0 N–H and O–H groups in total. The van der Waals surface area contributed by atoms with Crippen LogP contribution >= 0.6 is 0 Å². The van der Waals surface area contributed by atoms with Gasteiger partial charge in [0, 0.05) is 19.2 Å². The molecule has 0 aliphatic heterocycles. The maximum absolute atomic E-state index is 12.3. The Kier molecular flexibility index (Phi) is 7.97. The van der Waals surface area contributed by atoms with E-state index in [0.717, 1.165) is 18.4 Å². The normalized spacial score (nSPS) is 10.7. The first-order chi connectivity index (χ1) is 10.6. The Morgan fingerprint density at radius 3 is 2.45 bits per heavy atom. The Bertz CT molecular complexity index is 506. The standard InChI is InChI=1S/C18H25NO3/c1-4-5-13-19(14-12-18(21)22-3)17(20)11-10-16-8-6-15(2)7-9-16/h6-11H,4-5,12-14H2,1-3H3/b11-10+. The Labute approximate surface area is 132 Å². The van der Waals surface area contributed by atoms with Gasteiger partial charge in [0.2, 0.25) is 5.91 Å². The summed E-state index contributed by atoms with van der Waals surface area (Å²) in [5.74, 6) is -0.366. The molecule has 0 fully saturated rings. The van der Waals surface area contributed by atoms with Gasteiger partial charge in [0.15, 0.2) is 0 Å². The highest BCUT2D eigenvalue weighted by molar-refractivity contribution is 5.92. The molecule has 1 aromatic carbocycles. The molecule has 0 radical (unpaired) electrons. The number of carbonyl (C=O) groups excluding carboxylic acids is 2. The van der Waals surface area contributed by atoms with E-state index in [9.17, 15) is 9.59 Å². The van der Waals surface area contributed by atoms with Crippen LogP contribution < -0.4 is 0 Å². The molecular weight excluding hydrogens is 278 g/mol. The Morgan fingerprint density at radius 2 is 1.86 bits per heavy atom. The van der Waals surface area contributed by atoms with Crippen LogP contribution in [0, 0.1) is 6.92 Å². The average Bonchev–Trinajstić information content (AvgIpc) is 2.53. The van der Waals surface area contributed by atoms with E-state index in [1.807, 2.05) is 31.2 Å². The van der Waals surface area contributed by atoms with Crippen molar-refractivity contribution in [2.45, 2.75) is 33.1 Å². The summed E-state index contributed by atoms with van der Waals surface area (Å²) in [6.45, 7) is 5.15. The monoisotopic (exact) mass is 303 g/mol. The lowest BCUT2D eigenvalue weighted by molar-refractivity contribution is -0.141. The molecule has 4 heteroatoms. The summed E-state index contributed by atoms with van der Waals surface area (Å²) in [6.07, 6.45) is 5.52. The number of nitrogens with zero attached hydrogens (tertiary/aromatic N) is 1. The third kappa shape index (κ3) is 6.57. The minimum absolute atomic E-state index is 0.0714. The van der Waals surface area contributed by atoms with E-state index in [1.54, 1.807) is 17.1 Å². The smallest absolute Gasteiger partial charge is 0.307 e. The number of ether oxygens (including phenoxy) is 1. The van der Waals surface area contributed by atoms with Gasteiger partial charge in [0.25, 0.3) is 0 Å². The zero-order valence-electron chi connectivity index (χ0n) is 13.7. The van der Waals surface area contributed by atoms with Crippen LogP contribution in [0.5, 0.6) is 0 Å². The lowest BCUT2D eigenvalue weighted by Crippen LogP contribution is -2.32. The average molecular weight is 303 g/mol. The minimum Gasteiger partial charge on any atom is -0.469 e. The van der Waals surface area contributed by atoms with Crippen LogP contribution in [0.1, 0.15) is 37.3 Å². The molecule has 1 aromatic rings. The van der Waals surface area contributed by atoms with Gasteiger partial charge in [-0.3, -0.25) is 9.59 Å². The number of hydrogen-bond acceptors (Lipinski definition) is 3. The first kappa shape index (κ1) is 18.0. The van der Waals surface area contributed by atoms with Crippen molar-refractivity contribution >= 4 is 18.0 Å². The molecule has 1 rings (SSSR count). The molecule has 0 bridgehead atoms. The molecular formula is C18H25NO3. The second-order valence-corrected chi connectivity index (χ2v) is 5.25. The van der Waals surface area contributed by atoms with Gasteiger partial charge in [-0.15, -0.1) is 0 Å². The van der Waals surface area contributed by atoms with Crippen LogP contribution in [0.15, 0.2) is 30.3 Å². The van der Waals surface area contributed by atoms with Gasteiger partial charge < -0.3 is 9.64 Å². The molecule has 120 valence electrons. The molecule has 0 heterocycles. The highest BCUT2D eigenvalue weighted by atomic mass is 16.5. The first-order valence-corrected chi connectivity index (χ1v) is 7.67. The van der Waals surface area contributed by atoms with Gasteiger partial charge in [-0.25, -0.2) is 0 Å². The van der Waals surface area contributed by atoms with Crippen molar-refractivity contribution in [3.05, 3.63) is 41.5 Å². The summed E-state index contributed by atoms with van der Waals surface area (Å²) in [5.41, 5.74) is 2.17. The lowest BCUT2D eigenvalue weighted by atomic mass is 10.1. The number of aryl methyl sites for hydroxylation is 1. The van der Waals surface area contributed by atoms with Crippen LogP contribution in [0.25, 0.3) is 6.08 Å². The molecule has 22 heavy (non-hydrogen) atoms. The number of amides is 1. The van der Waals surface area contributed by atoms with E-state index in [2.05, 4.69) is 11.7 Å². The van der Waals surface area contributed by atoms with E-state index in [4.69, 9.17) is 0 Å². The van der Waals surface area contributed by atoms with Crippen molar-refractivity contribution in [1.29, 1.82) is 0 Å². The predicted octanol–water partition coefficient (Wildman–Crippen LogP) is 3.20. The summed E-state index contributed by atoms with van der Waals surface area (Å²) in [7, 11) is 1.36. The molecule has 1 amide bonds. The maximum Gasteiger partial charge on any atom is 0.307 e. The summed E-state index contributed by atoms with van der Waals surface area (Å²) in [6, 6.07) is 7.97. The van der Waals surface area contributed by atoms with Gasteiger partial charge >= 0.3 is 5.97 Å². The molecule has 0 aliphatic carbocycles. The number of hydrogen-bond donors (Lipinski definition) is 0. The number of esters is 1. The lowest BCUT2D eigenvalue weighted by Gasteiger charge is -2.20. The Balaban J connectivity index is 2.64. The van der Waals surface area contributed by atoms with Crippen LogP contribution in [0.4, 0.5) is 0 Å². The van der Waals surface area contributed by atoms with Gasteiger partial charge in [-0.2, -0.15) is 0 Å². The molecule has 0 saturated carbocycles. The van der Waals surface area contributed by atoms with Gasteiger partial charge in [0.05, 0.1) is 13.5 Å². The minimum atomic E-state index is -0.295. The summed E-state index contributed by atoms with van der Waals surface area (Å²) in [4.78, 5) is 25.2. The van der Waals surface area contributed by atoms with E-state index in [0.29, 0.717) is 13.1 Å². The predicted molar refractivity (Wildman–Crippen MR) is 88.3 cm³/mol. The molecule has 0 atom stereocenters. The van der Waals surface area contributed by atoms with Gasteiger partial charge in [0.1, 0.15) is 0 Å². The van der Waals surface area contributed by atoms with Crippen molar-refractivity contribution in [3.8, 4) is 0 Å². The van der Waals surface area contributed by atoms with Gasteiger partial charge in [-0.1, -0.05) is 43.2 Å². The quantitative estimate of drug-likeness (QED) is 0.547. The highest BCUT2D eigenvalue weighted by Gasteiger charge is 2.12. The largest absolute Gasteiger partial charge is 0.469 e. The van der Waals surface area contributed by atoms with Crippen LogP contribution in [-0.2, 0) is 14.3 Å². The van der Waals surface area contributed by atoms with E-state index in [-0.39, 0.29) is 18.3 Å². The molecule has 0 aliphatic rings. The number of methoxy groups -OCH3 is 1. The SMILES string of the molecule is CCCCN(CCC(=O)OC)C(=O)/C=C/c1ccc(C)cc1. The Morgan fingerprint density at radius 1 is 1.18 bits per heavy atom. The fraction of sp³-hybridized carbons (Fsp3) is 0.444. The van der Waals surface area contributed by atoms with Crippen molar-refractivity contribution in [2.24, 2.45) is 0 Å². The summed E-state index contributed by atoms with van der Waals surface area (Å²) in [5, 5.41) is 0. The molecule has 0 saturated heterocycles. The molecule has 0 spiro atoms. The summed E-state index contributed by atoms with van der Waals surface area (Å²) < 4.78 is 4.63. The fourth-order valence-electron chi connectivity index (χ4n) is 1.96. The van der Waals surface area contributed by atoms with Crippen LogP contribution in [0.3, 0.4) is 0 Å². The zero-order valence-corrected chi connectivity index (χ0v) is 13.7. The van der Waals surface area contributed by atoms with E-state index < -0.39 is 0 Å². The van der Waals surface area contributed by atoms with Crippen LogP contribution in [-0.4, -0.2) is 37.0 Å². The van der Waals surface area contributed by atoms with Crippen molar-refractivity contribution in [3.63, 3.8) is 0 Å². The van der Waals surface area contributed by atoms with Crippen molar-refractivity contribution in [1.82, 2.24) is 4.90 Å². The fourth-order valence-corrected chi connectivity index (χ4v) is 1.96. The molecule has 0 aromatic heterocycles. The zero-order chi connectivity index (χ0) is 16.4. The molecule has 4 nitrogen and oxygen atoms in total. The van der Waals surface area contributed by atoms with Crippen LogP contribution in [0.2, 0.25) is 0 Å². The Hall–Kier alpha value is -2.10. The third-order valence-electron chi connectivity index (χ3n) is 3.40. The number of unbranched alkanes of at least 4 members (excludes halogenated alkanes) is 1. The van der Waals surface area contributed by atoms with Gasteiger partial charge in [-0.05, 0) is 25.0 Å². The van der Waals surface area contributed by atoms with E-state index in [1.165, 1.54) is 12.7 Å². The topological polar surface area (TPSA) is 46.6 Å².